The summed E-state index contributed by atoms with van der Waals surface area (Å²) in [5.74, 6) is -1.75. The van der Waals surface area contributed by atoms with Gasteiger partial charge in [-0.05, 0) is 43.5 Å². The zero-order valence-corrected chi connectivity index (χ0v) is 12.4. The fourth-order valence-electron chi connectivity index (χ4n) is 2.09. The Balaban J connectivity index is 3.20. The molecule has 0 radical (unpaired) electrons. The molecule has 1 aromatic rings. The Bertz CT molecular complexity index is 590. The summed E-state index contributed by atoms with van der Waals surface area (Å²) in [6, 6.07) is 1.03. The van der Waals surface area contributed by atoms with Gasteiger partial charge < -0.3 is 5.11 Å². The number of rotatable bonds is 6. The molecule has 0 aliphatic heterocycles. The van der Waals surface area contributed by atoms with Gasteiger partial charge in [0, 0.05) is 0 Å². The molecule has 1 aromatic carbocycles. The van der Waals surface area contributed by atoms with Gasteiger partial charge in [-0.2, -0.15) is 4.72 Å². The van der Waals surface area contributed by atoms with Crippen molar-refractivity contribution in [2.24, 2.45) is 0 Å². The number of aliphatic carboxylic acids is 1. The SMILES string of the molecule is CCCC(NS(=O)(=O)c1c(C)cc(F)cc1C)C(=O)O. The third-order valence-electron chi connectivity index (χ3n) is 2.87. The van der Waals surface area contributed by atoms with Gasteiger partial charge in [0.05, 0.1) is 4.90 Å². The van der Waals surface area contributed by atoms with Gasteiger partial charge in [-0.15, -0.1) is 0 Å². The molecule has 0 fully saturated rings. The highest BCUT2D eigenvalue weighted by atomic mass is 32.2. The summed E-state index contributed by atoms with van der Waals surface area (Å²) in [5, 5.41) is 9.01. The normalized spacial score (nSPS) is 13.2. The van der Waals surface area contributed by atoms with Crippen LogP contribution in [0.1, 0.15) is 30.9 Å². The molecule has 0 aromatic heterocycles. The van der Waals surface area contributed by atoms with Crippen molar-refractivity contribution in [1.82, 2.24) is 4.72 Å². The molecule has 20 heavy (non-hydrogen) atoms. The summed E-state index contributed by atoms with van der Waals surface area (Å²) in [7, 11) is -4.00. The molecule has 112 valence electrons. The number of hydrogen-bond donors (Lipinski definition) is 2. The van der Waals surface area contributed by atoms with E-state index in [1.807, 2.05) is 0 Å². The molecule has 0 saturated carbocycles. The molecule has 1 rings (SSSR count). The van der Waals surface area contributed by atoms with E-state index in [-0.39, 0.29) is 22.4 Å². The van der Waals surface area contributed by atoms with Crippen molar-refractivity contribution in [3.05, 3.63) is 29.1 Å². The first-order valence-corrected chi connectivity index (χ1v) is 7.69. The van der Waals surface area contributed by atoms with E-state index in [0.29, 0.717) is 6.42 Å². The largest absolute Gasteiger partial charge is 0.480 e. The smallest absolute Gasteiger partial charge is 0.321 e. The fourth-order valence-corrected chi connectivity index (χ4v) is 3.77. The Hall–Kier alpha value is -1.47. The van der Waals surface area contributed by atoms with Gasteiger partial charge in [0.15, 0.2) is 0 Å². The number of carboxylic acid groups (broad SMARTS) is 1. The van der Waals surface area contributed by atoms with E-state index in [2.05, 4.69) is 4.72 Å². The van der Waals surface area contributed by atoms with Gasteiger partial charge in [0.2, 0.25) is 10.0 Å². The predicted molar refractivity (Wildman–Crippen MR) is 72.5 cm³/mol. The van der Waals surface area contributed by atoms with Crippen molar-refractivity contribution in [1.29, 1.82) is 0 Å². The van der Waals surface area contributed by atoms with Crippen molar-refractivity contribution in [2.75, 3.05) is 0 Å². The van der Waals surface area contributed by atoms with E-state index in [1.165, 1.54) is 13.8 Å². The Kier molecular flexibility index (Phi) is 5.24. The molecular formula is C13H18FNO4S. The van der Waals surface area contributed by atoms with Crippen molar-refractivity contribution in [2.45, 2.75) is 44.6 Å². The maximum atomic E-state index is 13.2. The van der Waals surface area contributed by atoms with Crippen molar-refractivity contribution < 1.29 is 22.7 Å². The number of hydrogen-bond acceptors (Lipinski definition) is 3. The van der Waals surface area contributed by atoms with E-state index in [1.54, 1.807) is 6.92 Å². The number of carboxylic acids is 1. The van der Waals surface area contributed by atoms with E-state index in [4.69, 9.17) is 5.11 Å². The quantitative estimate of drug-likeness (QED) is 0.841. The lowest BCUT2D eigenvalue weighted by Gasteiger charge is -2.16. The number of carbonyl (C=O) groups is 1. The van der Waals surface area contributed by atoms with Crippen LogP contribution in [0.2, 0.25) is 0 Å². The van der Waals surface area contributed by atoms with Crippen LogP contribution in [-0.4, -0.2) is 25.5 Å². The molecule has 0 bridgehead atoms. The zero-order valence-electron chi connectivity index (χ0n) is 11.6. The number of aryl methyl sites for hydroxylation is 2. The standard InChI is InChI=1S/C13H18FNO4S/c1-4-5-11(13(16)17)15-20(18,19)12-8(2)6-10(14)7-9(12)3/h6-7,11,15H,4-5H2,1-3H3,(H,16,17). The lowest BCUT2D eigenvalue weighted by Crippen LogP contribution is -2.41. The molecule has 1 atom stereocenters. The molecule has 0 saturated heterocycles. The summed E-state index contributed by atoms with van der Waals surface area (Å²) in [6.45, 7) is 4.71. The van der Waals surface area contributed by atoms with Crippen LogP contribution in [0.5, 0.6) is 0 Å². The number of benzene rings is 1. The van der Waals surface area contributed by atoms with Crippen molar-refractivity contribution in [3.63, 3.8) is 0 Å². The van der Waals surface area contributed by atoms with Gasteiger partial charge in [0.25, 0.3) is 0 Å². The first kappa shape index (κ1) is 16.6. The average Bonchev–Trinajstić information content (AvgIpc) is 2.25. The van der Waals surface area contributed by atoms with Crippen LogP contribution in [0.3, 0.4) is 0 Å². The highest BCUT2D eigenvalue weighted by molar-refractivity contribution is 7.89. The summed E-state index contributed by atoms with van der Waals surface area (Å²) < 4.78 is 39.9. The Morgan fingerprint density at radius 2 is 1.85 bits per heavy atom. The number of sulfonamides is 1. The van der Waals surface area contributed by atoms with Crippen molar-refractivity contribution >= 4 is 16.0 Å². The van der Waals surface area contributed by atoms with Crippen LogP contribution in [-0.2, 0) is 14.8 Å². The van der Waals surface area contributed by atoms with Crippen LogP contribution in [0.25, 0.3) is 0 Å². The Labute approximate surface area is 117 Å². The summed E-state index contributed by atoms with van der Waals surface area (Å²) in [4.78, 5) is 11.0. The molecule has 0 aliphatic rings. The van der Waals surface area contributed by atoms with Crippen LogP contribution in [0.15, 0.2) is 17.0 Å². The maximum absolute atomic E-state index is 13.2. The zero-order chi connectivity index (χ0) is 15.5. The molecule has 0 spiro atoms. The van der Waals surface area contributed by atoms with Gasteiger partial charge in [-0.3, -0.25) is 4.79 Å². The summed E-state index contributed by atoms with van der Waals surface area (Å²) >= 11 is 0. The highest BCUT2D eigenvalue weighted by Crippen LogP contribution is 2.21. The number of halogens is 1. The second kappa shape index (κ2) is 6.32. The van der Waals surface area contributed by atoms with Gasteiger partial charge >= 0.3 is 5.97 Å². The maximum Gasteiger partial charge on any atom is 0.321 e. The summed E-state index contributed by atoms with van der Waals surface area (Å²) in [5.41, 5.74) is 0.492. The lowest BCUT2D eigenvalue weighted by atomic mass is 10.1. The second-order valence-electron chi connectivity index (χ2n) is 4.67. The van der Waals surface area contributed by atoms with Gasteiger partial charge in [0.1, 0.15) is 11.9 Å². The molecular weight excluding hydrogens is 285 g/mol. The van der Waals surface area contributed by atoms with Crippen LogP contribution in [0.4, 0.5) is 4.39 Å². The minimum Gasteiger partial charge on any atom is -0.480 e. The predicted octanol–water partition coefficient (Wildman–Crippen LogP) is 1.97. The third-order valence-corrected chi connectivity index (χ3v) is 4.64. The Morgan fingerprint density at radius 1 is 1.35 bits per heavy atom. The van der Waals surface area contributed by atoms with E-state index >= 15 is 0 Å². The van der Waals surface area contributed by atoms with Crippen LogP contribution >= 0.6 is 0 Å². The minimum absolute atomic E-state index is 0.0683. The average molecular weight is 303 g/mol. The molecule has 0 amide bonds. The first-order chi connectivity index (χ1) is 9.19. The molecule has 0 heterocycles. The second-order valence-corrected chi connectivity index (χ2v) is 6.32. The summed E-state index contributed by atoms with van der Waals surface area (Å²) in [6.07, 6.45) is 0.717. The molecule has 2 N–H and O–H groups in total. The van der Waals surface area contributed by atoms with E-state index in [9.17, 15) is 17.6 Å². The highest BCUT2D eigenvalue weighted by Gasteiger charge is 2.27. The van der Waals surface area contributed by atoms with Crippen molar-refractivity contribution in [3.8, 4) is 0 Å². The Morgan fingerprint density at radius 3 is 2.25 bits per heavy atom. The van der Waals surface area contributed by atoms with Crippen LogP contribution < -0.4 is 4.72 Å². The third kappa shape index (κ3) is 3.77. The van der Waals surface area contributed by atoms with Gasteiger partial charge in [-0.25, -0.2) is 12.8 Å². The molecule has 7 heteroatoms. The molecule has 5 nitrogen and oxygen atoms in total. The minimum atomic E-state index is -4.00. The van der Waals surface area contributed by atoms with Gasteiger partial charge in [-0.1, -0.05) is 13.3 Å². The molecule has 0 aliphatic carbocycles. The van der Waals surface area contributed by atoms with E-state index in [0.717, 1.165) is 12.1 Å². The fraction of sp³-hybridized carbons (Fsp3) is 0.462. The first-order valence-electron chi connectivity index (χ1n) is 6.21. The molecule has 1 unspecified atom stereocenters. The lowest BCUT2D eigenvalue weighted by molar-refractivity contribution is -0.139. The number of nitrogens with one attached hydrogen (secondary N) is 1. The topological polar surface area (TPSA) is 83.5 Å². The van der Waals surface area contributed by atoms with E-state index < -0.39 is 27.9 Å². The van der Waals surface area contributed by atoms with Crippen LogP contribution in [0, 0.1) is 19.7 Å². The monoisotopic (exact) mass is 303 g/mol.